The first kappa shape index (κ1) is 12.6. The summed E-state index contributed by atoms with van der Waals surface area (Å²) in [5.41, 5.74) is 1.75. The third-order valence-corrected chi connectivity index (χ3v) is 3.18. The SMILES string of the molecule is CC(CC(=O)O)c1ccc(NC(=O)C2CC2)cc1. The van der Waals surface area contributed by atoms with Crippen LogP contribution in [0.4, 0.5) is 5.69 Å². The monoisotopic (exact) mass is 247 g/mol. The Morgan fingerprint density at radius 3 is 2.44 bits per heavy atom. The van der Waals surface area contributed by atoms with Crippen molar-refractivity contribution in [3.63, 3.8) is 0 Å². The summed E-state index contributed by atoms with van der Waals surface area (Å²) in [5.74, 6) is -0.541. The summed E-state index contributed by atoms with van der Waals surface area (Å²) in [6.45, 7) is 1.88. The number of amides is 1. The van der Waals surface area contributed by atoms with Crippen molar-refractivity contribution < 1.29 is 14.7 Å². The second-order valence-corrected chi connectivity index (χ2v) is 4.88. The molecule has 1 unspecified atom stereocenters. The van der Waals surface area contributed by atoms with Crippen LogP contribution in [0.15, 0.2) is 24.3 Å². The zero-order chi connectivity index (χ0) is 13.1. The lowest BCUT2D eigenvalue weighted by Gasteiger charge is -2.10. The standard InChI is InChI=1S/C14H17NO3/c1-9(8-13(16)17)10-4-6-12(7-5-10)15-14(18)11-2-3-11/h4-7,9,11H,2-3,8H2,1H3,(H,15,18)(H,16,17). The Kier molecular flexibility index (Phi) is 3.65. The van der Waals surface area contributed by atoms with Crippen LogP contribution in [0.1, 0.15) is 37.7 Å². The van der Waals surface area contributed by atoms with Crippen LogP contribution in [0.25, 0.3) is 0 Å². The highest BCUT2D eigenvalue weighted by Gasteiger charge is 2.29. The van der Waals surface area contributed by atoms with Gasteiger partial charge in [0.05, 0.1) is 6.42 Å². The van der Waals surface area contributed by atoms with Gasteiger partial charge >= 0.3 is 5.97 Å². The van der Waals surface area contributed by atoms with E-state index in [4.69, 9.17) is 5.11 Å². The molecule has 0 bridgehead atoms. The van der Waals surface area contributed by atoms with E-state index in [1.807, 2.05) is 31.2 Å². The van der Waals surface area contributed by atoms with Crippen LogP contribution in [0.5, 0.6) is 0 Å². The summed E-state index contributed by atoms with van der Waals surface area (Å²) in [6, 6.07) is 7.40. The van der Waals surface area contributed by atoms with Crippen molar-refractivity contribution in [3.05, 3.63) is 29.8 Å². The number of hydrogen-bond donors (Lipinski definition) is 2. The molecule has 1 aliphatic carbocycles. The zero-order valence-electron chi connectivity index (χ0n) is 10.3. The van der Waals surface area contributed by atoms with Crippen LogP contribution in [-0.4, -0.2) is 17.0 Å². The summed E-state index contributed by atoms with van der Waals surface area (Å²) in [7, 11) is 0. The fourth-order valence-corrected chi connectivity index (χ4v) is 1.86. The van der Waals surface area contributed by atoms with Crippen LogP contribution < -0.4 is 5.32 Å². The number of carbonyl (C=O) groups excluding carboxylic acids is 1. The molecule has 1 aromatic rings. The van der Waals surface area contributed by atoms with E-state index in [2.05, 4.69) is 5.32 Å². The van der Waals surface area contributed by atoms with Gasteiger partial charge in [0, 0.05) is 11.6 Å². The molecule has 18 heavy (non-hydrogen) atoms. The lowest BCUT2D eigenvalue weighted by Crippen LogP contribution is -2.13. The Bertz CT molecular complexity index is 449. The number of hydrogen-bond acceptors (Lipinski definition) is 2. The molecule has 1 atom stereocenters. The topological polar surface area (TPSA) is 66.4 Å². The number of anilines is 1. The summed E-state index contributed by atoms with van der Waals surface area (Å²) in [4.78, 5) is 22.2. The molecule has 2 rings (SSSR count). The van der Waals surface area contributed by atoms with Gasteiger partial charge in [0.15, 0.2) is 0 Å². The van der Waals surface area contributed by atoms with Gasteiger partial charge in [-0.05, 0) is 36.5 Å². The van der Waals surface area contributed by atoms with Crippen molar-refractivity contribution in [1.82, 2.24) is 0 Å². The molecule has 96 valence electrons. The fourth-order valence-electron chi connectivity index (χ4n) is 1.86. The number of aliphatic carboxylic acids is 1. The van der Waals surface area contributed by atoms with Gasteiger partial charge in [-0.3, -0.25) is 9.59 Å². The minimum absolute atomic E-state index is 0.0179. The molecular formula is C14H17NO3. The lowest BCUT2D eigenvalue weighted by molar-refractivity contribution is -0.137. The zero-order valence-corrected chi connectivity index (χ0v) is 10.3. The third-order valence-electron chi connectivity index (χ3n) is 3.18. The first-order chi connectivity index (χ1) is 8.56. The maximum atomic E-state index is 11.6. The number of benzene rings is 1. The Hall–Kier alpha value is -1.84. The second kappa shape index (κ2) is 5.21. The van der Waals surface area contributed by atoms with E-state index < -0.39 is 5.97 Å². The van der Waals surface area contributed by atoms with Crippen LogP contribution in [-0.2, 0) is 9.59 Å². The molecule has 0 aromatic heterocycles. The molecule has 4 nitrogen and oxygen atoms in total. The van der Waals surface area contributed by atoms with E-state index >= 15 is 0 Å². The van der Waals surface area contributed by atoms with Crippen molar-refractivity contribution >= 4 is 17.6 Å². The average molecular weight is 247 g/mol. The summed E-state index contributed by atoms with van der Waals surface area (Å²) < 4.78 is 0. The third kappa shape index (κ3) is 3.32. The van der Waals surface area contributed by atoms with Gasteiger partial charge in [-0.15, -0.1) is 0 Å². The predicted octanol–water partition coefficient (Wildman–Crippen LogP) is 2.61. The maximum absolute atomic E-state index is 11.6. The Morgan fingerprint density at radius 2 is 1.94 bits per heavy atom. The quantitative estimate of drug-likeness (QED) is 0.840. The minimum atomic E-state index is -0.798. The molecule has 4 heteroatoms. The summed E-state index contributed by atoms with van der Waals surface area (Å²) in [5, 5.41) is 11.6. The van der Waals surface area contributed by atoms with E-state index in [1.54, 1.807) is 0 Å². The van der Waals surface area contributed by atoms with Gasteiger partial charge < -0.3 is 10.4 Å². The van der Waals surface area contributed by atoms with Crippen LogP contribution in [0.3, 0.4) is 0 Å². The highest BCUT2D eigenvalue weighted by molar-refractivity contribution is 5.94. The molecule has 1 aliphatic rings. The number of carbonyl (C=O) groups is 2. The smallest absolute Gasteiger partial charge is 0.303 e. The Balaban J connectivity index is 1.95. The first-order valence-corrected chi connectivity index (χ1v) is 6.19. The summed E-state index contributed by atoms with van der Waals surface area (Å²) in [6.07, 6.45) is 2.09. The molecule has 0 radical (unpaired) electrons. The Morgan fingerprint density at radius 1 is 1.33 bits per heavy atom. The van der Waals surface area contributed by atoms with Gasteiger partial charge in [-0.1, -0.05) is 19.1 Å². The van der Waals surface area contributed by atoms with Crippen molar-refractivity contribution in [2.24, 2.45) is 5.92 Å². The molecule has 0 aliphatic heterocycles. The van der Waals surface area contributed by atoms with Crippen molar-refractivity contribution in [1.29, 1.82) is 0 Å². The van der Waals surface area contributed by atoms with Gasteiger partial charge in [-0.25, -0.2) is 0 Å². The highest BCUT2D eigenvalue weighted by atomic mass is 16.4. The largest absolute Gasteiger partial charge is 0.481 e. The average Bonchev–Trinajstić information content (AvgIpc) is 3.12. The molecule has 2 N–H and O–H groups in total. The molecule has 0 heterocycles. The van der Waals surface area contributed by atoms with E-state index in [-0.39, 0.29) is 24.2 Å². The Labute approximate surface area is 106 Å². The van der Waals surface area contributed by atoms with E-state index in [0.29, 0.717) is 0 Å². The van der Waals surface area contributed by atoms with Gasteiger partial charge in [0.2, 0.25) is 5.91 Å². The first-order valence-electron chi connectivity index (χ1n) is 6.19. The number of carboxylic acids is 1. The van der Waals surface area contributed by atoms with Crippen LogP contribution in [0.2, 0.25) is 0 Å². The maximum Gasteiger partial charge on any atom is 0.303 e. The van der Waals surface area contributed by atoms with E-state index in [0.717, 1.165) is 24.1 Å². The van der Waals surface area contributed by atoms with Crippen molar-refractivity contribution in [2.45, 2.75) is 32.1 Å². The minimum Gasteiger partial charge on any atom is -0.481 e. The lowest BCUT2D eigenvalue weighted by atomic mass is 9.98. The molecule has 1 fully saturated rings. The molecule has 0 saturated heterocycles. The normalized spacial score (nSPS) is 16.1. The van der Waals surface area contributed by atoms with E-state index in [1.165, 1.54) is 0 Å². The van der Waals surface area contributed by atoms with E-state index in [9.17, 15) is 9.59 Å². The van der Waals surface area contributed by atoms with Gasteiger partial charge in [0.25, 0.3) is 0 Å². The highest BCUT2D eigenvalue weighted by Crippen LogP contribution is 2.30. The second-order valence-electron chi connectivity index (χ2n) is 4.88. The number of carboxylic acid groups (broad SMARTS) is 1. The summed E-state index contributed by atoms with van der Waals surface area (Å²) >= 11 is 0. The van der Waals surface area contributed by atoms with Crippen molar-refractivity contribution in [3.8, 4) is 0 Å². The fraction of sp³-hybridized carbons (Fsp3) is 0.429. The molecule has 1 amide bonds. The van der Waals surface area contributed by atoms with Gasteiger partial charge in [0.1, 0.15) is 0 Å². The van der Waals surface area contributed by atoms with Crippen LogP contribution in [0, 0.1) is 5.92 Å². The molecule has 0 spiro atoms. The number of rotatable bonds is 5. The predicted molar refractivity (Wildman–Crippen MR) is 68.5 cm³/mol. The van der Waals surface area contributed by atoms with Gasteiger partial charge in [-0.2, -0.15) is 0 Å². The molecular weight excluding hydrogens is 230 g/mol. The van der Waals surface area contributed by atoms with Crippen molar-refractivity contribution in [2.75, 3.05) is 5.32 Å². The number of nitrogens with one attached hydrogen (secondary N) is 1. The molecule has 1 aromatic carbocycles. The molecule has 1 saturated carbocycles. The van der Waals surface area contributed by atoms with Crippen LogP contribution >= 0.6 is 0 Å².